The van der Waals surface area contributed by atoms with Gasteiger partial charge in [0.15, 0.2) is 0 Å². The highest BCUT2D eigenvalue weighted by Gasteiger charge is 2.25. The summed E-state index contributed by atoms with van der Waals surface area (Å²) in [4.78, 5) is 43.6. The molecule has 5 aromatic rings. The van der Waals surface area contributed by atoms with Gasteiger partial charge in [0.1, 0.15) is 0 Å². The minimum absolute atomic E-state index is 0.00363. The quantitative estimate of drug-likeness (QED) is 0.194. The summed E-state index contributed by atoms with van der Waals surface area (Å²) in [5.74, 6) is 0.424. The Labute approximate surface area is 240 Å². The molecule has 4 amide bonds. The smallest absolute Gasteiger partial charge is 0.323 e. The molecule has 0 radical (unpaired) electrons. The number of H-pyrrole nitrogens is 1. The number of amides is 4. The molecule has 0 unspecified atom stereocenters. The van der Waals surface area contributed by atoms with E-state index in [1.54, 1.807) is 11.1 Å². The summed E-state index contributed by atoms with van der Waals surface area (Å²) in [6, 6.07) is 27.1. The molecule has 0 aliphatic carbocycles. The third kappa shape index (κ3) is 4.92. The third-order valence-electron chi connectivity index (χ3n) is 7.34. The molecule has 4 aromatic carbocycles. The van der Waals surface area contributed by atoms with Gasteiger partial charge in [0.05, 0.1) is 30.1 Å². The van der Waals surface area contributed by atoms with Crippen molar-refractivity contribution in [3.05, 3.63) is 102 Å². The van der Waals surface area contributed by atoms with Crippen LogP contribution in [0.25, 0.3) is 22.0 Å². The first-order valence-corrected chi connectivity index (χ1v) is 14.2. The van der Waals surface area contributed by atoms with Crippen LogP contribution in [0, 0.1) is 0 Å². The maximum atomic E-state index is 13.1. The average Bonchev–Trinajstić information content (AvgIpc) is 3.56. The van der Waals surface area contributed by atoms with Gasteiger partial charge in [0.25, 0.3) is 0 Å². The standard InChI is InChI=1S/C32H25N5O3S/c38-30-14-22-7-6-21(13-26(22)35-30)20-8-10-25-24(12-20)27(16-33-25)36-32(40)34-23-9-11-29-28(15-23)37(31(39)18-41-29)17-19-4-2-1-3-5-19/h1-13,15-16,33H,14,17-18H2,(H,35,38)(H2,34,36,40). The van der Waals surface area contributed by atoms with Gasteiger partial charge in [0, 0.05) is 33.4 Å². The molecule has 4 N–H and O–H groups in total. The lowest BCUT2D eigenvalue weighted by Crippen LogP contribution is -2.34. The van der Waals surface area contributed by atoms with E-state index in [9.17, 15) is 14.4 Å². The second kappa shape index (κ2) is 10.2. The molecule has 41 heavy (non-hydrogen) atoms. The number of carbonyl (C=O) groups is 3. The van der Waals surface area contributed by atoms with Crippen LogP contribution in [-0.4, -0.2) is 28.6 Å². The van der Waals surface area contributed by atoms with Crippen LogP contribution in [0.3, 0.4) is 0 Å². The minimum atomic E-state index is -0.388. The van der Waals surface area contributed by atoms with Crippen molar-refractivity contribution in [3.8, 4) is 11.1 Å². The van der Waals surface area contributed by atoms with Crippen LogP contribution >= 0.6 is 11.8 Å². The first-order chi connectivity index (χ1) is 20.0. The Bertz CT molecular complexity index is 1850. The molecule has 3 heterocycles. The summed E-state index contributed by atoms with van der Waals surface area (Å²) in [6.45, 7) is 0.469. The molecule has 9 heteroatoms. The summed E-state index contributed by atoms with van der Waals surface area (Å²) < 4.78 is 0. The fourth-order valence-corrected chi connectivity index (χ4v) is 6.22. The monoisotopic (exact) mass is 559 g/mol. The van der Waals surface area contributed by atoms with E-state index >= 15 is 0 Å². The lowest BCUT2D eigenvalue weighted by molar-refractivity contribution is -0.116. The molecule has 2 aliphatic heterocycles. The van der Waals surface area contributed by atoms with Gasteiger partial charge in [-0.1, -0.05) is 48.5 Å². The number of aromatic amines is 1. The first kappa shape index (κ1) is 25.0. The molecular weight excluding hydrogens is 534 g/mol. The number of nitrogens with zero attached hydrogens (tertiary/aromatic N) is 1. The van der Waals surface area contributed by atoms with E-state index in [1.165, 1.54) is 11.8 Å². The molecule has 1 aromatic heterocycles. The molecule has 202 valence electrons. The molecule has 8 nitrogen and oxygen atoms in total. The predicted octanol–water partition coefficient (Wildman–Crippen LogP) is 6.61. The highest BCUT2D eigenvalue weighted by Crippen LogP contribution is 2.38. The average molecular weight is 560 g/mol. The summed E-state index contributed by atoms with van der Waals surface area (Å²) >= 11 is 1.51. The molecule has 0 bridgehead atoms. The topological polar surface area (TPSA) is 106 Å². The van der Waals surface area contributed by atoms with Crippen LogP contribution in [0.5, 0.6) is 0 Å². The van der Waals surface area contributed by atoms with E-state index in [4.69, 9.17) is 0 Å². The van der Waals surface area contributed by atoms with Gasteiger partial charge in [0.2, 0.25) is 11.8 Å². The Morgan fingerprint density at radius 3 is 2.61 bits per heavy atom. The second-order valence-corrected chi connectivity index (χ2v) is 11.1. The van der Waals surface area contributed by atoms with Gasteiger partial charge < -0.3 is 25.8 Å². The summed E-state index contributed by atoms with van der Waals surface area (Å²) in [7, 11) is 0. The number of hydrogen-bond donors (Lipinski definition) is 4. The summed E-state index contributed by atoms with van der Waals surface area (Å²) in [6.07, 6.45) is 2.17. The molecule has 7 rings (SSSR count). The zero-order valence-corrected chi connectivity index (χ0v) is 22.7. The number of aromatic nitrogens is 1. The van der Waals surface area contributed by atoms with E-state index in [-0.39, 0.29) is 17.8 Å². The van der Waals surface area contributed by atoms with Gasteiger partial charge in [-0.05, 0) is 58.7 Å². The largest absolute Gasteiger partial charge is 0.359 e. The first-order valence-electron chi connectivity index (χ1n) is 13.2. The van der Waals surface area contributed by atoms with E-state index in [0.29, 0.717) is 30.1 Å². The number of anilines is 4. The Kier molecular flexibility index (Phi) is 6.20. The number of nitrogens with one attached hydrogen (secondary N) is 4. The Morgan fingerprint density at radius 2 is 1.73 bits per heavy atom. The van der Waals surface area contributed by atoms with Crippen LogP contribution in [-0.2, 0) is 22.6 Å². The van der Waals surface area contributed by atoms with Crippen molar-refractivity contribution in [2.75, 3.05) is 26.6 Å². The number of benzene rings is 4. The van der Waals surface area contributed by atoms with E-state index in [1.807, 2.05) is 84.9 Å². The molecule has 0 spiro atoms. The van der Waals surface area contributed by atoms with Crippen molar-refractivity contribution in [2.45, 2.75) is 17.9 Å². The second-order valence-electron chi connectivity index (χ2n) is 10.1. The lowest BCUT2D eigenvalue weighted by Gasteiger charge is -2.29. The van der Waals surface area contributed by atoms with E-state index < -0.39 is 0 Å². The van der Waals surface area contributed by atoms with Crippen LogP contribution in [0.2, 0.25) is 0 Å². The van der Waals surface area contributed by atoms with Crippen molar-refractivity contribution in [1.29, 1.82) is 0 Å². The van der Waals surface area contributed by atoms with Gasteiger partial charge in [-0.15, -0.1) is 11.8 Å². The number of rotatable bonds is 5. The predicted molar refractivity (Wildman–Crippen MR) is 164 cm³/mol. The SMILES string of the molecule is O=C1Cc2ccc(-c3ccc4[nH]cc(NC(=O)Nc5ccc6c(c5)N(Cc5ccccc5)C(=O)CS6)c4c3)cc2N1. The van der Waals surface area contributed by atoms with Crippen LogP contribution in [0.4, 0.5) is 27.5 Å². The third-order valence-corrected chi connectivity index (χ3v) is 8.39. The zero-order valence-electron chi connectivity index (χ0n) is 21.9. The van der Waals surface area contributed by atoms with Crippen LogP contribution in [0.1, 0.15) is 11.1 Å². The minimum Gasteiger partial charge on any atom is -0.359 e. The number of fused-ring (bicyclic) bond motifs is 3. The molecule has 0 atom stereocenters. The number of carbonyl (C=O) groups excluding carboxylic acids is 3. The van der Waals surface area contributed by atoms with Crippen LogP contribution in [0.15, 0.2) is 96.0 Å². The Balaban J connectivity index is 1.11. The fourth-order valence-electron chi connectivity index (χ4n) is 5.30. The molecular formula is C32H25N5O3S. The normalized spacial score (nSPS) is 14.0. The van der Waals surface area contributed by atoms with Gasteiger partial charge in [-0.2, -0.15) is 0 Å². The van der Waals surface area contributed by atoms with E-state index in [2.05, 4.69) is 20.9 Å². The maximum Gasteiger partial charge on any atom is 0.323 e. The van der Waals surface area contributed by atoms with Crippen molar-refractivity contribution in [1.82, 2.24) is 4.98 Å². The highest BCUT2D eigenvalue weighted by atomic mass is 32.2. The number of urea groups is 1. The molecule has 2 aliphatic rings. The number of hydrogen-bond acceptors (Lipinski definition) is 4. The molecule has 0 fully saturated rings. The van der Waals surface area contributed by atoms with Gasteiger partial charge >= 0.3 is 6.03 Å². The van der Waals surface area contributed by atoms with E-state index in [0.717, 1.165) is 49.4 Å². The fraction of sp³-hybridized carbons (Fsp3) is 0.0938. The summed E-state index contributed by atoms with van der Waals surface area (Å²) in [5.41, 5.74) is 7.73. The van der Waals surface area contributed by atoms with Crippen LogP contribution < -0.4 is 20.9 Å². The van der Waals surface area contributed by atoms with Crippen molar-refractivity contribution in [3.63, 3.8) is 0 Å². The zero-order chi connectivity index (χ0) is 27.9. The van der Waals surface area contributed by atoms with Crippen molar-refractivity contribution in [2.24, 2.45) is 0 Å². The van der Waals surface area contributed by atoms with Gasteiger partial charge in [-0.3, -0.25) is 9.59 Å². The summed E-state index contributed by atoms with van der Waals surface area (Å²) in [5, 5.41) is 9.64. The van der Waals surface area contributed by atoms with Crippen molar-refractivity contribution >= 4 is 63.3 Å². The lowest BCUT2D eigenvalue weighted by atomic mass is 10.0. The van der Waals surface area contributed by atoms with Crippen molar-refractivity contribution < 1.29 is 14.4 Å². The highest BCUT2D eigenvalue weighted by molar-refractivity contribution is 8.00. The van der Waals surface area contributed by atoms with Gasteiger partial charge in [-0.25, -0.2) is 4.79 Å². The molecule has 0 saturated heterocycles. The number of thioether (sulfide) groups is 1. The Hall–Kier alpha value is -5.02. The molecule has 0 saturated carbocycles. The maximum absolute atomic E-state index is 13.1. The Morgan fingerprint density at radius 1 is 0.902 bits per heavy atom.